The molecule has 0 saturated carbocycles. The summed E-state index contributed by atoms with van der Waals surface area (Å²) in [6.07, 6.45) is -0.596. The van der Waals surface area contributed by atoms with Gasteiger partial charge in [-0.3, -0.25) is 4.79 Å². The topological polar surface area (TPSA) is 41.7 Å². The fourth-order valence-electron chi connectivity index (χ4n) is 0.962. The molecule has 1 aromatic carbocycles. The number of halogens is 2. The first-order valence-corrected chi connectivity index (χ1v) is 3.61. The van der Waals surface area contributed by atoms with Crippen LogP contribution in [-0.2, 0) is 11.2 Å². The standard InChI is InChI=1S/C9H5F2NO2/c1-12-8-4-6(10)5(2-7(8)11)3-9(13)14/h2,4H,3H2,(H,13,14). The minimum Gasteiger partial charge on any atom is -0.481 e. The molecule has 0 aliphatic rings. The monoisotopic (exact) mass is 197 g/mol. The Balaban J connectivity index is 3.16. The largest absolute Gasteiger partial charge is 0.481 e. The van der Waals surface area contributed by atoms with E-state index in [0.29, 0.717) is 6.07 Å². The van der Waals surface area contributed by atoms with E-state index in [1.165, 1.54) is 0 Å². The van der Waals surface area contributed by atoms with Crippen molar-refractivity contribution in [1.29, 1.82) is 0 Å². The number of carbonyl (C=O) groups is 1. The Morgan fingerprint density at radius 3 is 2.57 bits per heavy atom. The highest BCUT2D eigenvalue weighted by Gasteiger charge is 2.11. The first-order valence-electron chi connectivity index (χ1n) is 3.61. The van der Waals surface area contributed by atoms with Gasteiger partial charge in [0.05, 0.1) is 13.0 Å². The van der Waals surface area contributed by atoms with E-state index in [-0.39, 0.29) is 5.56 Å². The number of nitrogens with zero attached hydrogens (tertiary/aromatic N) is 1. The number of hydrogen-bond acceptors (Lipinski definition) is 1. The van der Waals surface area contributed by atoms with E-state index >= 15 is 0 Å². The minimum absolute atomic E-state index is 0.262. The second-order valence-corrected chi connectivity index (χ2v) is 2.58. The van der Waals surface area contributed by atoms with Crippen LogP contribution < -0.4 is 0 Å². The zero-order valence-electron chi connectivity index (χ0n) is 6.92. The van der Waals surface area contributed by atoms with Gasteiger partial charge in [0.2, 0.25) is 5.69 Å². The fourth-order valence-corrected chi connectivity index (χ4v) is 0.962. The second-order valence-electron chi connectivity index (χ2n) is 2.58. The molecular weight excluding hydrogens is 192 g/mol. The fraction of sp³-hybridized carbons (Fsp3) is 0.111. The summed E-state index contributed by atoms with van der Waals surface area (Å²) in [5.74, 6) is -3.03. The third-order valence-electron chi connectivity index (χ3n) is 1.58. The van der Waals surface area contributed by atoms with Gasteiger partial charge in [-0.25, -0.2) is 13.6 Å². The molecule has 0 saturated heterocycles. The van der Waals surface area contributed by atoms with Crippen molar-refractivity contribution in [2.24, 2.45) is 0 Å². The predicted molar refractivity (Wildman–Crippen MR) is 44.0 cm³/mol. The van der Waals surface area contributed by atoms with Crippen molar-refractivity contribution < 1.29 is 18.7 Å². The summed E-state index contributed by atoms with van der Waals surface area (Å²) < 4.78 is 25.9. The van der Waals surface area contributed by atoms with E-state index in [2.05, 4.69) is 4.85 Å². The number of hydrogen-bond donors (Lipinski definition) is 1. The predicted octanol–water partition coefficient (Wildman–Crippen LogP) is 2.14. The Labute approximate surface area is 78.4 Å². The lowest BCUT2D eigenvalue weighted by atomic mass is 10.1. The van der Waals surface area contributed by atoms with Crippen LogP contribution in [0.5, 0.6) is 0 Å². The van der Waals surface area contributed by atoms with Crippen molar-refractivity contribution >= 4 is 11.7 Å². The van der Waals surface area contributed by atoms with Crippen molar-refractivity contribution in [2.45, 2.75) is 6.42 Å². The zero-order chi connectivity index (χ0) is 10.7. The van der Waals surface area contributed by atoms with Crippen LogP contribution in [0.4, 0.5) is 14.5 Å². The van der Waals surface area contributed by atoms with Crippen molar-refractivity contribution in [2.75, 3.05) is 0 Å². The van der Waals surface area contributed by atoms with Crippen LogP contribution in [0.2, 0.25) is 0 Å². The summed E-state index contributed by atoms with van der Waals surface area (Å²) in [6.45, 7) is 6.50. The SMILES string of the molecule is [C-]#[N+]c1cc(F)c(CC(=O)O)cc1F. The Bertz CT molecular complexity index is 424. The minimum atomic E-state index is -1.25. The van der Waals surface area contributed by atoms with Crippen molar-refractivity contribution in [3.8, 4) is 0 Å². The van der Waals surface area contributed by atoms with E-state index in [0.717, 1.165) is 6.07 Å². The first kappa shape index (κ1) is 10.1. The number of rotatable bonds is 2. The average molecular weight is 197 g/mol. The van der Waals surface area contributed by atoms with Crippen LogP contribution in [0, 0.1) is 18.2 Å². The summed E-state index contributed by atoms with van der Waals surface area (Å²) in [5.41, 5.74) is -0.709. The molecule has 1 aromatic rings. The van der Waals surface area contributed by atoms with E-state index < -0.39 is 29.7 Å². The van der Waals surface area contributed by atoms with Gasteiger partial charge in [-0.1, -0.05) is 0 Å². The molecular formula is C9H5F2NO2. The van der Waals surface area contributed by atoms with Gasteiger partial charge in [-0.05, 0) is 17.7 Å². The smallest absolute Gasteiger partial charge is 0.307 e. The van der Waals surface area contributed by atoms with Crippen LogP contribution in [0.25, 0.3) is 4.85 Å². The molecule has 1 rings (SSSR count). The Morgan fingerprint density at radius 2 is 2.07 bits per heavy atom. The molecule has 3 nitrogen and oxygen atoms in total. The summed E-state index contributed by atoms with van der Waals surface area (Å²) in [4.78, 5) is 13.0. The zero-order valence-corrected chi connectivity index (χ0v) is 6.92. The Morgan fingerprint density at radius 1 is 1.43 bits per heavy atom. The van der Waals surface area contributed by atoms with Crippen LogP contribution in [-0.4, -0.2) is 11.1 Å². The molecule has 0 heterocycles. The number of carboxylic acid groups (broad SMARTS) is 1. The number of carboxylic acids is 1. The van der Waals surface area contributed by atoms with Gasteiger partial charge in [-0.2, -0.15) is 0 Å². The molecule has 0 unspecified atom stereocenters. The normalized spacial score (nSPS) is 9.50. The van der Waals surface area contributed by atoms with Crippen LogP contribution in [0.1, 0.15) is 5.56 Å². The van der Waals surface area contributed by atoms with Gasteiger partial charge < -0.3 is 5.11 Å². The summed E-state index contributed by atoms with van der Waals surface area (Å²) >= 11 is 0. The van der Waals surface area contributed by atoms with E-state index in [1.54, 1.807) is 0 Å². The molecule has 0 radical (unpaired) electrons. The van der Waals surface area contributed by atoms with Crippen molar-refractivity contribution in [1.82, 2.24) is 0 Å². The van der Waals surface area contributed by atoms with Crippen LogP contribution in [0.15, 0.2) is 12.1 Å². The molecule has 5 heteroatoms. The number of aliphatic carboxylic acids is 1. The molecule has 0 aliphatic heterocycles. The van der Waals surface area contributed by atoms with Gasteiger partial charge in [0, 0.05) is 0 Å². The Hall–Kier alpha value is -1.96. The van der Waals surface area contributed by atoms with Crippen LogP contribution in [0.3, 0.4) is 0 Å². The third kappa shape index (κ3) is 2.04. The van der Waals surface area contributed by atoms with E-state index in [9.17, 15) is 13.6 Å². The molecule has 0 aromatic heterocycles. The first-order chi connectivity index (χ1) is 6.54. The van der Waals surface area contributed by atoms with Gasteiger partial charge in [-0.15, -0.1) is 0 Å². The van der Waals surface area contributed by atoms with E-state index in [4.69, 9.17) is 11.7 Å². The molecule has 0 aliphatic carbocycles. The lowest BCUT2D eigenvalue weighted by molar-refractivity contribution is -0.136. The van der Waals surface area contributed by atoms with Crippen molar-refractivity contribution in [3.05, 3.63) is 40.7 Å². The molecule has 0 amide bonds. The van der Waals surface area contributed by atoms with Gasteiger partial charge in [0.15, 0.2) is 0 Å². The molecule has 14 heavy (non-hydrogen) atoms. The lowest BCUT2D eigenvalue weighted by Gasteiger charge is -2.01. The maximum absolute atomic E-state index is 13.0. The molecule has 0 spiro atoms. The maximum Gasteiger partial charge on any atom is 0.307 e. The van der Waals surface area contributed by atoms with Crippen molar-refractivity contribution in [3.63, 3.8) is 0 Å². The van der Waals surface area contributed by atoms with Gasteiger partial charge in [0.1, 0.15) is 11.6 Å². The van der Waals surface area contributed by atoms with E-state index in [1.807, 2.05) is 0 Å². The molecule has 72 valence electrons. The average Bonchev–Trinajstić information content (AvgIpc) is 2.10. The molecule has 0 atom stereocenters. The molecule has 1 N–H and O–H groups in total. The third-order valence-corrected chi connectivity index (χ3v) is 1.58. The van der Waals surface area contributed by atoms with Gasteiger partial charge >= 0.3 is 5.97 Å². The lowest BCUT2D eigenvalue weighted by Crippen LogP contribution is -2.02. The summed E-state index contributed by atoms with van der Waals surface area (Å²) in [5, 5.41) is 8.36. The summed E-state index contributed by atoms with van der Waals surface area (Å²) in [7, 11) is 0. The van der Waals surface area contributed by atoms with Gasteiger partial charge in [0.25, 0.3) is 0 Å². The molecule has 0 fully saturated rings. The highest BCUT2D eigenvalue weighted by molar-refractivity contribution is 5.70. The highest BCUT2D eigenvalue weighted by atomic mass is 19.1. The molecule has 0 bridgehead atoms. The maximum atomic E-state index is 13.0. The van der Waals surface area contributed by atoms with Crippen LogP contribution >= 0.6 is 0 Å². The summed E-state index contributed by atoms with van der Waals surface area (Å²) in [6, 6.07) is 1.43. The Kier molecular flexibility index (Phi) is 2.77. The number of benzene rings is 1. The highest BCUT2D eigenvalue weighted by Crippen LogP contribution is 2.22. The quantitative estimate of drug-likeness (QED) is 0.738. The second kappa shape index (κ2) is 3.83.